The molecule has 4 nitrogen and oxygen atoms in total. The minimum absolute atomic E-state index is 0.0351. The summed E-state index contributed by atoms with van der Waals surface area (Å²) >= 11 is 0. The Bertz CT molecular complexity index is 534. The monoisotopic (exact) mass is 241 g/mol. The van der Waals surface area contributed by atoms with Gasteiger partial charge in [0.15, 0.2) is 0 Å². The van der Waals surface area contributed by atoms with Crippen molar-refractivity contribution in [3.63, 3.8) is 0 Å². The van der Waals surface area contributed by atoms with Crippen molar-refractivity contribution in [1.29, 1.82) is 0 Å². The van der Waals surface area contributed by atoms with Gasteiger partial charge in [-0.2, -0.15) is 4.31 Å². The van der Waals surface area contributed by atoms with Crippen LogP contribution in [0.5, 0.6) is 5.75 Å². The van der Waals surface area contributed by atoms with Crippen molar-refractivity contribution in [3.8, 4) is 5.75 Å². The smallest absolute Gasteiger partial charge is 0.244 e. The van der Waals surface area contributed by atoms with Gasteiger partial charge < -0.3 is 5.11 Å². The fourth-order valence-corrected chi connectivity index (χ4v) is 3.77. The number of hydrogen-bond acceptors (Lipinski definition) is 3. The molecule has 0 aliphatic carbocycles. The summed E-state index contributed by atoms with van der Waals surface area (Å²) in [5, 5.41) is 9.56. The van der Waals surface area contributed by atoms with Gasteiger partial charge >= 0.3 is 0 Å². The van der Waals surface area contributed by atoms with Crippen molar-refractivity contribution in [3.05, 3.63) is 23.3 Å². The minimum atomic E-state index is -3.41. The topological polar surface area (TPSA) is 57.6 Å². The number of phenolic OH excluding ortho intramolecular Hbond substituents is 1. The van der Waals surface area contributed by atoms with Crippen LogP contribution < -0.4 is 0 Å². The number of phenols is 1. The molecule has 0 saturated heterocycles. The molecule has 0 fully saturated rings. The number of hydrogen-bond donors (Lipinski definition) is 1. The number of aryl methyl sites for hydroxylation is 1. The Balaban J connectivity index is 2.62. The van der Waals surface area contributed by atoms with Crippen LogP contribution >= 0.6 is 0 Å². The zero-order valence-corrected chi connectivity index (χ0v) is 10.4. The maximum atomic E-state index is 12.1. The van der Waals surface area contributed by atoms with E-state index in [1.165, 1.54) is 10.4 Å². The number of rotatable bonds is 1. The lowest BCUT2D eigenvalue weighted by Crippen LogP contribution is -2.31. The van der Waals surface area contributed by atoms with E-state index in [9.17, 15) is 13.5 Å². The number of sulfonamides is 1. The number of aromatic hydroxyl groups is 1. The average Bonchev–Trinajstić information content (AvgIpc) is 2.41. The van der Waals surface area contributed by atoms with E-state index in [1.807, 2.05) is 13.8 Å². The van der Waals surface area contributed by atoms with E-state index in [0.29, 0.717) is 12.1 Å². The first kappa shape index (κ1) is 11.4. The fraction of sp³-hybridized carbons (Fsp3) is 0.455. The van der Waals surface area contributed by atoms with Crippen LogP contribution in [0.4, 0.5) is 0 Å². The third-order valence-electron chi connectivity index (χ3n) is 2.87. The van der Waals surface area contributed by atoms with E-state index in [2.05, 4.69) is 0 Å². The molecule has 0 amide bonds. The Morgan fingerprint density at radius 2 is 2.00 bits per heavy atom. The second-order valence-corrected chi connectivity index (χ2v) is 6.25. The molecule has 1 aliphatic heterocycles. The molecular formula is C11H15NO3S. The van der Waals surface area contributed by atoms with E-state index in [0.717, 1.165) is 5.56 Å². The maximum Gasteiger partial charge on any atom is 0.244 e. The lowest BCUT2D eigenvalue weighted by molar-refractivity contribution is 0.363. The molecule has 0 radical (unpaired) electrons. The third-order valence-corrected chi connectivity index (χ3v) is 4.97. The molecule has 1 aromatic carbocycles. The highest BCUT2D eigenvalue weighted by Crippen LogP contribution is 2.35. The molecule has 0 atom stereocenters. The van der Waals surface area contributed by atoms with Gasteiger partial charge in [-0.05, 0) is 38.0 Å². The molecule has 0 aromatic heterocycles. The molecule has 0 spiro atoms. The van der Waals surface area contributed by atoms with Gasteiger partial charge in [0.25, 0.3) is 0 Å². The summed E-state index contributed by atoms with van der Waals surface area (Å²) < 4.78 is 25.6. The van der Waals surface area contributed by atoms with Crippen LogP contribution in [-0.4, -0.2) is 23.9 Å². The van der Waals surface area contributed by atoms with E-state index in [-0.39, 0.29) is 16.7 Å². The average molecular weight is 241 g/mol. The summed E-state index contributed by atoms with van der Waals surface area (Å²) in [6.45, 7) is 5.85. The van der Waals surface area contributed by atoms with Crippen LogP contribution in [0.3, 0.4) is 0 Å². The van der Waals surface area contributed by atoms with Gasteiger partial charge in [0.1, 0.15) is 5.75 Å². The first-order valence-corrected chi connectivity index (χ1v) is 6.62. The molecule has 0 saturated carbocycles. The van der Waals surface area contributed by atoms with Crippen molar-refractivity contribution in [1.82, 2.24) is 4.31 Å². The van der Waals surface area contributed by atoms with E-state index >= 15 is 0 Å². The summed E-state index contributed by atoms with van der Waals surface area (Å²) in [6, 6.07) is 3.02. The molecule has 1 N–H and O–H groups in total. The Morgan fingerprint density at radius 3 is 2.56 bits per heavy atom. The van der Waals surface area contributed by atoms with Crippen molar-refractivity contribution < 1.29 is 13.5 Å². The van der Waals surface area contributed by atoms with Gasteiger partial charge in [0, 0.05) is 18.7 Å². The van der Waals surface area contributed by atoms with Crippen LogP contribution in [0.2, 0.25) is 0 Å². The molecule has 88 valence electrons. The highest BCUT2D eigenvalue weighted by atomic mass is 32.2. The predicted molar refractivity (Wildman–Crippen MR) is 60.7 cm³/mol. The maximum absolute atomic E-state index is 12.1. The standard InChI is InChI=1S/C11H15NO3S/c1-7(2)12-6-9-4-8(3)10(13)5-11(9)16(12,14)15/h4-5,7,13H,6H2,1-3H3. The van der Waals surface area contributed by atoms with Gasteiger partial charge in [-0.1, -0.05) is 0 Å². The highest BCUT2D eigenvalue weighted by Gasteiger charge is 2.36. The molecule has 0 bridgehead atoms. The van der Waals surface area contributed by atoms with Gasteiger partial charge in [0.05, 0.1) is 4.90 Å². The van der Waals surface area contributed by atoms with Crippen molar-refractivity contribution in [2.45, 2.75) is 38.3 Å². The molecule has 2 rings (SSSR count). The van der Waals surface area contributed by atoms with Gasteiger partial charge in [-0.3, -0.25) is 0 Å². The van der Waals surface area contributed by atoms with Gasteiger partial charge in [-0.15, -0.1) is 0 Å². The van der Waals surface area contributed by atoms with Crippen molar-refractivity contribution >= 4 is 10.0 Å². The van der Waals surface area contributed by atoms with Gasteiger partial charge in [-0.25, -0.2) is 8.42 Å². The Morgan fingerprint density at radius 1 is 1.38 bits per heavy atom. The van der Waals surface area contributed by atoms with Crippen LogP contribution in [0.25, 0.3) is 0 Å². The predicted octanol–water partition coefficient (Wildman–Crippen LogP) is 1.61. The summed E-state index contributed by atoms with van der Waals surface area (Å²) in [7, 11) is -3.41. The summed E-state index contributed by atoms with van der Waals surface area (Å²) in [5.41, 5.74) is 1.48. The second kappa shape index (κ2) is 3.46. The largest absolute Gasteiger partial charge is 0.508 e. The first-order chi connectivity index (χ1) is 7.34. The summed E-state index contributed by atoms with van der Waals surface area (Å²) in [4.78, 5) is 0.240. The lowest BCUT2D eigenvalue weighted by atomic mass is 10.1. The summed E-state index contributed by atoms with van der Waals surface area (Å²) in [6.07, 6.45) is 0. The third kappa shape index (κ3) is 1.51. The van der Waals surface area contributed by atoms with Crippen molar-refractivity contribution in [2.24, 2.45) is 0 Å². The molecule has 1 heterocycles. The van der Waals surface area contributed by atoms with Crippen LogP contribution in [0, 0.1) is 6.92 Å². The molecule has 1 aliphatic rings. The molecule has 0 unspecified atom stereocenters. The fourth-order valence-electron chi connectivity index (χ4n) is 1.94. The SMILES string of the molecule is Cc1cc2c(cc1O)S(=O)(=O)N(C(C)C)C2. The molecule has 5 heteroatoms. The first-order valence-electron chi connectivity index (χ1n) is 5.18. The Hall–Kier alpha value is -1.07. The highest BCUT2D eigenvalue weighted by molar-refractivity contribution is 7.89. The van der Waals surface area contributed by atoms with E-state index in [1.54, 1.807) is 13.0 Å². The number of nitrogens with zero attached hydrogens (tertiary/aromatic N) is 1. The lowest BCUT2D eigenvalue weighted by Gasteiger charge is -2.18. The second-order valence-electron chi connectivity index (χ2n) is 4.39. The Labute approximate surface area is 95.6 Å². The van der Waals surface area contributed by atoms with E-state index in [4.69, 9.17) is 0 Å². The quantitative estimate of drug-likeness (QED) is 0.812. The van der Waals surface area contributed by atoms with E-state index < -0.39 is 10.0 Å². The van der Waals surface area contributed by atoms with Crippen LogP contribution in [0.1, 0.15) is 25.0 Å². The minimum Gasteiger partial charge on any atom is -0.508 e. The normalized spacial score (nSPS) is 19.0. The van der Waals surface area contributed by atoms with Crippen molar-refractivity contribution in [2.75, 3.05) is 0 Å². The Kier molecular flexibility index (Phi) is 2.47. The molecule has 1 aromatic rings. The zero-order valence-electron chi connectivity index (χ0n) is 9.56. The molecular weight excluding hydrogens is 226 g/mol. The van der Waals surface area contributed by atoms with Crippen LogP contribution in [0.15, 0.2) is 17.0 Å². The summed E-state index contributed by atoms with van der Waals surface area (Å²) in [5.74, 6) is 0.0351. The van der Waals surface area contributed by atoms with Gasteiger partial charge in [0.2, 0.25) is 10.0 Å². The number of benzene rings is 1. The molecule has 16 heavy (non-hydrogen) atoms. The van der Waals surface area contributed by atoms with Crippen LogP contribution in [-0.2, 0) is 16.6 Å². The zero-order chi connectivity index (χ0) is 12.1. The number of fused-ring (bicyclic) bond motifs is 1.